The number of ether oxygens (including phenoxy) is 2. The van der Waals surface area contributed by atoms with Crippen molar-refractivity contribution in [3.8, 4) is 17.2 Å². The molecule has 1 fully saturated rings. The summed E-state index contributed by atoms with van der Waals surface area (Å²) < 4.78 is 12.7. The molecule has 12 heteroatoms. The summed E-state index contributed by atoms with van der Waals surface area (Å²) in [6, 6.07) is 28.5. The molecule has 0 saturated carbocycles. The van der Waals surface area contributed by atoms with Crippen LogP contribution in [0.3, 0.4) is 0 Å². The largest absolute Gasteiger partial charge is 0.496 e. The molecule has 11 nitrogen and oxygen atoms in total. The van der Waals surface area contributed by atoms with Gasteiger partial charge >= 0.3 is 0 Å². The first-order valence-corrected chi connectivity index (χ1v) is 15.3. The molecule has 238 valence electrons. The Balaban J connectivity index is 1.34. The third-order valence-electron chi connectivity index (χ3n) is 8.05. The van der Waals surface area contributed by atoms with Crippen LogP contribution in [0.4, 0.5) is 17.1 Å². The second-order valence-corrected chi connectivity index (χ2v) is 11.4. The summed E-state index contributed by atoms with van der Waals surface area (Å²) in [5.41, 5.74) is 5.13. The molecule has 0 spiro atoms. The van der Waals surface area contributed by atoms with Gasteiger partial charge < -0.3 is 29.6 Å². The van der Waals surface area contributed by atoms with Crippen LogP contribution >= 0.6 is 12.2 Å². The van der Waals surface area contributed by atoms with E-state index in [4.69, 9.17) is 21.7 Å². The number of thiocarbonyl (C=S) groups is 1. The Morgan fingerprint density at radius 3 is 2.43 bits per heavy atom. The van der Waals surface area contributed by atoms with Crippen molar-refractivity contribution in [1.82, 2.24) is 14.9 Å². The van der Waals surface area contributed by atoms with Gasteiger partial charge in [-0.05, 0) is 98.4 Å². The number of carbonyl (C=O) groups is 1. The highest BCUT2D eigenvalue weighted by molar-refractivity contribution is 7.80. The summed E-state index contributed by atoms with van der Waals surface area (Å²) in [6.45, 7) is 3.74. The molecule has 3 aromatic carbocycles. The van der Waals surface area contributed by atoms with Crippen LogP contribution < -0.4 is 25.0 Å². The van der Waals surface area contributed by atoms with Gasteiger partial charge in [0.05, 0.1) is 35.9 Å². The van der Waals surface area contributed by atoms with Crippen molar-refractivity contribution >= 4 is 40.3 Å². The molecule has 2 aromatic heterocycles. The first-order chi connectivity index (χ1) is 22.7. The Labute approximate surface area is 276 Å². The van der Waals surface area contributed by atoms with Gasteiger partial charge in [-0.1, -0.05) is 24.3 Å². The highest BCUT2D eigenvalue weighted by Gasteiger charge is 2.42. The summed E-state index contributed by atoms with van der Waals surface area (Å²) in [4.78, 5) is 31.0. The number of hydrogen-bond acceptors (Lipinski definition) is 7. The zero-order valence-electron chi connectivity index (χ0n) is 25.9. The molecule has 1 amide bonds. The number of benzene rings is 3. The standard InChI is InChI=1S/C35H32N6O5S/c1-22-19-28(23(2)39(22)30-17-16-27(45-3)20-31(30)41(43)44)34-33(29-11-7-8-18-36-29)38-35(47)40(34)25-14-12-24(13-15-25)37-32(42)21-46-26-9-5-4-6-10-26/h4-20,33-34H,21H2,1-3H3,(H,37,42)(H,38,47). The van der Waals surface area contributed by atoms with Crippen LogP contribution in [-0.4, -0.2) is 39.2 Å². The van der Waals surface area contributed by atoms with E-state index in [0.717, 1.165) is 28.3 Å². The minimum Gasteiger partial charge on any atom is -0.496 e. The van der Waals surface area contributed by atoms with Crippen LogP contribution in [0.25, 0.3) is 5.69 Å². The van der Waals surface area contributed by atoms with Gasteiger partial charge in [0, 0.05) is 29.0 Å². The maximum absolute atomic E-state index is 12.6. The number of pyridine rings is 1. The fourth-order valence-corrected chi connectivity index (χ4v) is 6.29. The molecular weight excluding hydrogens is 616 g/mol. The Bertz CT molecular complexity index is 1930. The number of amides is 1. The van der Waals surface area contributed by atoms with Crippen LogP contribution in [0.5, 0.6) is 11.5 Å². The monoisotopic (exact) mass is 648 g/mol. The molecule has 1 saturated heterocycles. The number of aromatic nitrogens is 2. The van der Waals surface area contributed by atoms with Crippen molar-refractivity contribution in [2.45, 2.75) is 25.9 Å². The van der Waals surface area contributed by atoms with Crippen LogP contribution in [-0.2, 0) is 4.79 Å². The molecular formula is C35H32N6O5S. The van der Waals surface area contributed by atoms with Crippen molar-refractivity contribution in [1.29, 1.82) is 0 Å². The van der Waals surface area contributed by atoms with Crippen molar-refractivity contribution in [2.24, 2.45) is 0 Å². The predicted molar refractivity (Wildman–Crippen MR) is 183 cm³/mol. The fraction of sp³-hybridized carbons (Fsp3) is 0.171. The van der Waals surface area contributed by atoms with Gasteiger partial charge in [0.15, 0.2) is 11.7 Å². The van der Waals surface area contributed by atoms with E-state index in [2.05, 4.69) is 15.6 Å². The number of nitro benzene ring substituents is 1. The van der Waals surface area contributed by atoms with Crippen LogP contribution in [0.1, 0.15) is 34.7 Å². The second-order valence-electron chi connectivity index (χ2n) is 11.0. The van der Waals surface area contributed by atoms with Crippen LogP contribution in [0, 0.1) is 24.0 Å². The number of anilines is 2. The number of carbonyl (C=O) groups excluding carboxylic acids is 1. The van der Waals surface area contributed by atoms with E-state index in [1.165, 1.54) is 13.2 Å². The zero-order valence-corrected chi connectivity index (χ0v) is 26.7. The lowest BCUT2D eigenvalue weighted by atomic mass is 9.96. The highest BCUT2D eigenvalue weighted by atomic mass is 32.1. The Morgan fingerprint density at radius 2 is 1.74 bits per heavy atom. The van der Waals surface area contributed by atoms with Gasteiger partial charge in [0.1, 0.15) is 17.2 Å². The predicted octanol–water partition coefficient (Wildman–Crippen LogP) is 6.60. The number of rotatable bonds is 10. The quantitative estimate of drug-likeness (QED) is 0.0979. The molecule has 6 rings (SSSR count). The Kier molecular flexibility index (Phi) is 8.85. The molecule has 2 unspecified atom stereocenters. The zero-order chi connectivity index (χ0) is 33.1. The molecule has 0 aliphatic carbocycles. The molecule has 1 aliphatic heterocycles. The van der Waals surface area contributed by atoms with Crippen molar-refractivity contribution in [2.75, 3.05) is 23.9 Å². The van der Waals surface area contributed by atoms with Gasteiger partial charge in [-0.2, -0.15) is 0 Å². The topological polar surface area (TPSA) is 124 Å². The molecule has 47 heavy (non-hydrogen) atoms. The summed E-state index contributed by atoms with van der Waals surface area (Å²) in [5, 5.41) is 19.0. The number of nitrogens with zero attached hydrogens (tertiary/aromatic N) is 4. The van der Waals surface area contributed by atoms with E-state index < -0.39 is 4.92 Å². The molecule has 0 bridgehead atoms. The molecule has 3 heterocycles. The number of hydrogen-bond donors (Lipinski definition) is 2. The Hall–Kier alpha value is -5.75. The first kappa shape index (κ1) is 31.2. The highest BCUT2D eigenvalue weighted by Crippen LogP contribution is 2.44. The van der Waals surface area contributed by atoms with Crippen molar-refractivity contribution in [3.63, 3.8) is 0 Å². The maximum atomic E-state index is 12.6. The summed E-state index contributed by atoms with van der Waals surface area (Å²) in [5.74, 6) is 0.730. The smallest absolute Gasteiger partial charge is 0.296 e. The van der Waals surface area contributed by atoms with Crippen LogP contribution in [0.15, 0.2) is 103 Å². The molecule has 0 radical (unpaired) electrons. The molecule has 1 aliphatic rings. The van der Waals surface area contributed by atoms with Gasteiger partial charge in [-0.15, -0.1) is 0 Å². The van der Waals surface area contributed by atoms with E-state index >= 15 is 0 Å². The third-order valence-corrected chi connectivity index (χ3v) is 8.36. The number of aryl methyl sites for hydroxylation is 1. The van der Waals surface area contributed by atoms with E-state index in [9.17, 15) is 14.9 Å². The molecule has 2 N–H and O–H groups in total. The Morgan fingerprint density at radius 1 is 1.00 bits per heavy atom. The first-order valence-electron chi connectivity index (χ1n) is 14.8. The average molecular weight is 649 g/mol. The lowest BCUT2D eigenvalue weighted by molar-refractivity contribution is -0.384. The number of methoxy groups -OCH3 is 1. The van der Waals surface area contributed by atoms with E-state index in [1.54, 1.807) is 30.5 Å². The SMILES string of the molecule is COc1ccc(-n2c(C)cc(C3C(c4ccccn4)NC(=S)N3c3ccc(NC(=O)COc4ccccc4)cc3)c2C)c([N+](=O)[O-])c1. The van der Waals surface area contributed by atoms with E-state index in [1.807, 2.05) is 90.0 Å². The molecule has 2 atom stereocenters. The number of para-hydroxylation sites is 1. The normalized spacial score (nSPS) is 15.6. The summed E-state index contributed by atoms with van der Waals surface area (Å²) in [7, 11) is 1.48. The summed E-state index contributed by atoms with van der Waals surface area (Å²) in [6.07, 6.45) is 1.74. The van der Waals surface area contributed by atoms with Gasteiger partial charge in [-0.25, -0.2) is 0 Å². The molecule has 5 aromatic rings. The number of nitrogens with one attached hydrogen (secondary N) is 2. The van der Waals surface area contributed by atoms with Gasteiger partial charge in [0.2, 0.25) is 0 Å². The second kappa shape index (κ2) is 13.3. The van der Waals surface area contributed by atoms with Crippen LogP contribution in [0.2, 0.25) is 0 Å². The van der Waals surface area contributed by atoms with Crippen molar-refractivity contribution < 1.29 is 19.2 Å². The third kappa shape index (κ3) is 6.36. The average Bonchev–Trinajstić information content (AvgIpc) is 3.58. The fourth-order valence-electron chi connectivity index (χ4n) is 5.94. The minimum absolute atomic E-state index is 0.0669. The van der Waals surface area contributed by atoms with E-state index in [-0.39, 0.29) is 30.3 Å². The van der Waals surface area contributed by atoms with Gasteiger partial charge in [-0.3, -0.25) is 19.9 Å². The lowest BCUT2D eigenvalue weighted by Crippen LogP contribution is -2.29. The maximum Gasteiger partial charge on any atom is 0.296 e. The van der Waals surface area contributed by atoms with Gasteiger partial charge in [0.25, 0.3) is 11.6 Å². The number of nitro groups is 1. The lowest BCUT2D eigenvalue weighted by Gasteiger charge is -2.28. The minimum atomic E-state index is -0.403. The summed E-state index contributed by atoms with van der Waals surface area (Å²) >= 11 is 5.91. The van der Waals surface area contributed by atoms with E-state index in [0.29, 0.717) is 28.0 Å². The van der Waals surface area contributed by atoms with Crippen molar-refractivity contribution in [3.05, 3.63) is 136 Å².